The van der Waals surface area contributed by atoms with Crippen LogP contribution in [0.5, 0.6) is 0 Å². The molecule has 0 saturated carbocycles. The van der Waals surface area contributed by atoms with Gasteiger partial charge in [-0.1, -0.05) is 41.9 Å². The standard InChI is InChI=1S/C12H8ClFO3S/c13-10-6-9(18(15,16)17)7-11(14)12(10)8-4-2-1-3-5-8/h1-7H,(H,15,16,17). The zero-order valence-electron chi connectivity index (χ0n) is 8.97. The molecule has 0 atom stereocenters. The highest BCUT2D eigenvalue weighted by Gasteiger charge is 2.17. The van der Waals surface area contributed by atoms with E-state index in [1.54, 1.807) is 30.3 Å². The lowest BCUT2D eigenvalue weighted by Gasteiger charge is -2.07. The van der Waals surface area contributed by atoms with Crippen LogP contribution in [-0.4, -0.2) is 13.0 Å². The fourth-order valence-electron chi connectivity index (χ4n) is 1.58. The average molecular weight is 287 g/mol. The summed E-state index contributed by atoms with van der Waals surface area (Å²) in [6.07, 6.45) is 0. The number of rotatable bonds is 2. The van der Waals surface area contributed by atoms with Gasteiger partial charge in [-0.25, -0.2) is 4.39 Å². The normalized spacial score (nSPS) is 11.5. The monoisotopic (exact) mass is 286 g/mol. The Balaban J connectivity index is 2.66. The van der Waals surface area contributed by atoms with E-state index < -0.39 is 20.8 Å². The van der Waals surface area contributed by atoms with Crippen molar-refractivity contribution in [3.05, 3.63) is 53.3 Å². The number of halogens is 2. The van der Waals surface area contributed by atoms with Gasteiger partial charge in [0.2, 0.25) is 0 Å². The molecule has 0 aliphatic rings. The molecule has 2 rings (SSSR count). The highest BCUT2D eigenvalue weighted by Crippen LogP contribution is 2.32. The van der Waals surface area contributed by atoms with E-state index in [0.29, 0.717) is 5.56 Å². The predicted molar refractivity (Wildman–Crippen MR) is 66.7 cm³/mol. The van der Waals surface area contributed by atoms with Crippen molar-refractivity contribution in [2.45, 2.75) is 4.90 Å². The summed E-state index contributed by atoms with van der Waals surface area (Å²) in [5, 5.41) is -0.0752. The Kier molecular flexibility index (Phi) is 3.38. The summed E-state index contributed by atoms with van der Waals surface area (Å²) in [5.41, 5.74) is 0.631. The first-order valence-corrected chi connectivity index (χ1v) is 6.73. The van der Waals surface area contributed by atoms with E-state index in [9.17, 15) is 12.8 Å². The number of hydrogen-bond acceptors (Lipinski definition) is 2. The van der Waals surface area contributed by atoms with Crippen LogP contribution in [0.2, 0.25) is 5.02 Å². The van der Waals surface area contributed by atoms with Gasteiger partial charge in [0.25, 0.3) is 10.1 Å². The van der Waals surface area contributed by atoms with Crippen molar-refractivity contribution in [1.29, 1.82) is 0 Å². The van der Waals surface area contributed by atoms with Gasteiger partial charge in [-0.05, 0) is 17.7 Å². The second-order valence-corrected chi connectivity index (χ2v) is 5.43. The first-order chi connectivity index (χ1) is 8.39. The molecular formula is C12H8ClFO3S. The van der Waals surface area contributed by atoms with Crippen LogP contribution in [0.3, 0.4) is 0 Å². The Bertz CT molecular complexity index is 661. The molecular weight excluding hydrogens is 279 g/mol. The van der Waals surface area contributed by atoms with Gasteiger partial charge in [-0.2, -0.15) is 8.42 Å². The van der Waals surface area contributed by atoms with Gasteiger partial charge in [0, 0.05) is 5.56 Å². The van der Waals surface area contributed by atoms with E-state index in [1.807, 2.05) is 0 Å². The Labute approximate surface area is 109 Å². The maximum Gasteiger partial charge on any atom is 0.294 e. The highest BCUT2D eigenvalue weighted by molar-refractivity contribution is 7.85. The topological polar surface area (TPSA) is 54.4 Å². The van der Waals surface area contributed by atoms with Crippen molar-refractivity contribution in [2.75, 3.05) is 0 Å². The van der Waals surface area contributed by atoms with Crippen molar-refractivity contribution in [2.24, 2.45) is 0 Å². The summed E-state index contributed by atoms with van der Waals surface area (Å²) >= 11 is 5.86. The van der Waals surface area contributed by atoms with Crippen LogP contribution in [0, 0.1) is 5.82 Å². The Hall–Kier alpha value is -1.43. The zero-order valence-corrected chi connectivity index (χ0v) is 10.5. The van der Waals surface area contributed by atoms with E-state index in [-0.39, 0.29) is 10.6 Å². The van der Waals surface area contributed by atoms with Crippen LogP contribution >= 0.6 is 11.6 Å². The highest BCUT2D eigenvalue weighted by atomic mass is 35.5. The van der Waals surface area contributed by atoms with Gasteiger partial charge in [0.1, 0.15) is 5.82 Å². The van der Waals surface area contributed by atoms with Crippen molar-refractivity contribution in [3.8, 4) is 11.1 Å². The molecule has 3 nitrogen and oxygen atoms in total. The van der Waals surface area contributed by atoms with Crippen LogP contribution in [0.4, 0.5) is 4.39 Å². The van der Waals surface area contributed by atoms with E-state index in [0.717, 1.165) is 12.1 Å². The molecule has 0 saturated heterocycles. The van der Waals surface area contributed by atoms with Gasteiger partial charge >= 0.3 is 0 Å². The molecule has 0 aromatic heterocycles. The molecule has 2 aromatic rings. The summed E-state index contributed by atoms with van der Waals surface area (Å²) in [6, 6.07) is 10.2. The Morgan fingerprint density at radius 2 is 1.72 bits per heavy atom. The van der Waals surface area contributed by atoms with Crippen molar-refractivity contribution < 1.29 is 17.4 Å². The molecule has 0 bridgehead atoms. The molecule has 2 aromatic carbocycles. The van der Waals surface area contributed by atoms with Gasteiger partial charge in [0.05, 0.1) is 9.92 Å². The van der Waals surface area contributed by atoms with Crippen molar-refractivity contribution in [3.63, 3.8) is 0 Å². The second kappa shape index (κ2) is 4.68. The van der Waals surface area contributed by atoms with Gasteiger partial charge in [-0.3, -0.25) is 4.55 Å². The first-order valence-electron chi connectivity index (χ1n) is 4.91. The summed E-state index contributed by atoms with van der Waals surface area (Å²) in [6.45, 7) is 0. The molecule has 0 spiro atoms. The molecule has 94 valence electrons. The van der Waals surface area contributed by atoms with Gasteiger partial charge in [0.15, 0.2) is 0 Å². The van der Waals surface area contributed by atoms with E-state index in [1.165, 1.54) is 0 Å². The zero-order chi connectivity index (χ0) is 13.3. The number of benzene rings is 2. The lowest BCUT2D eigenvalue weighted by atomic mass is 10.1. The Morgan fingerprint density at radius 3 is 2.22 bits per heavy atom. The maximum absolute atomic E-state index is 13.9. The number of hydrogen-bond donors (Lipinski definition) is 1. The smallest absolute Gasteiger partial charge is 0.282 e. The third kappa shape index (κ3) is 2.53. The Morgan fingerprint density at radius 1 is 1.11 bits per heavy atom. The van der Waals surface area contributed by atoms with Crippen molar-refractivity contribution >= 4 is 21.7 Å². The average Bonchev–Trinajstić information content (AvgIpc) is 2.28. The fourth-order valence-corrected chi connectivity index (χ4v) is 2.48. The van der Waals surface area contributed by atoms with E-state index in [4.69, 9.17) is 16.2 Å². The lowest BCUT2D eigenvalue weighted by Crippen LogP contribution is -2.00. The van der Waals surface area contributed by atoms with Crippen LogP contribution in [0.15, 0.2) is 47.4 Å². The van der Waals surface area contributed by atoms with E-state index in [2.05, 4.69) is 0 Å². The third-order valence-electron chi connectivity index (χ3n) is 2.38. The second-order valence-electron chi connectivity index (χ2n) is 3.60. The predicted octanol–water partition coefficient (Wildman–Crippen LogP) is 3.39. The van der Waals surface area contributed by atoms with Crippen LogP contribution < -0.4 is 0 Å². The van der Waals surface area contributed by atoms with Crippen LogP contribution in [-0.2, 0) is 10.1 Å². The minimum atomic E-state index is -4.47. The molecule has 0 amide bonds. The molecule has 0 aliphatic carbocycles. The molecule has 0 heterocycles. The van der Waals surface area contributed by atoms with Gasteiger partial charge < -0.3 is 0 Å². The summed E-state index contributed by atoms with van der Waals surface area (Å²) in [7, 11) is -4.47. The minimum Gasteiger partial charge on any atom is -0.282 e. The minimum absolute atomic E-state index is 0.0752. The summed E-state index contributed by atoms with van der Waals surface area (Å²) in [5.74, 6) is -0.804. The SMILES string of the molecule is O=S(=O)(O)c1cc(F)c(-c2ccccc2)c(Cl)c1. The van der Waals surface area contributed by atoms with E-state index >= 15 is 0 Å². The molecule has 0 unspecified atom stereocenters. The van der Waals surface area contributed by atoms with Gasteiger partial charge in [-0.15, -0.1) is 0 Å². The molecule has 0 aliphatic heterocycles. The molecule has 6 heteroatoms. The van der Waals surface area contributed by atoms with Crippen molar-refractivity contribution in [1.82, 2.24) is 0 Å². The molecule has 0 fully saturated rings. The lowest BCUT2D eigenvalue weighted by molar-refractivity contribution is 0.482. The largest absolute Gasteiger partial charge is 0.294 e. The third-order valence-corrected chi connectivity index (χ3v) is 3.51. The molecule has 1 N–H and O–H groups in total. The molecule has 0 radical (unpaired) electrons. The van der Waals surface area contributed by atoms with Crippen LogP contribution in [0.1, 0.15) is 0 Å². The summed E-state index contributed by atoms with van der Waals surface area (Å²) in [4.78, 5) is -0.565. The maximum atomic E-state index is 13.9. The quantitative estimate of drug-likeness (QED) is 0.861. The molecule has 18 heavy (non-hydrogen) atoms. The fraction of sp³-hybridized carbons (Fsp3) is 0. The van der Waals surface area contributed by atoms with Crippen LogP contribution in [0.25, 0.3) is 11.1 Å². The first kappa shape index (κ1) is 13.0. The summed E-state index contributed by atoms with van der Waals surface area (Å²) < 4.78 is 44.5.